The average molecular weight is 386 g/mol. The summed E-state index contributed by atoms with van der Waals surface area (Å²) in [4.78, 5) is 16.7. The van der Waals surface area contributed by atoms with E-state index in [2.05, 4.69) is 15.6 Å². The van der Waals surface area contributed by atoms with Gasteiger partial charge in [0.15, 0.2) is 0 Å². The number of halogens is 2. The number of rotatable bonds is 5. The molecule has 0 aliphatic rings. The van der Waals surface area contributed by atoms with Gasteiger partial charge >= 0.3 is 0 Å². The Bertz CT molecular complexity index is 977. The van der Waals surface area contributed by atoms with Crippen LogP contribution in [0.5, 0.6) is 5.75 Å². The lowest BCUT2D eigenvalue weighted by molar-refractivity contribution is 0.102. The minimum absolute atomic E-state index is 0.219. The summed E-state index contributed by atoms with van der Waals surface area (Å²) < 4.78 is 18.3. The summed E-state index contributed by atoms with van der Waals surface area (Å²) in [7, 11) is 1.50. The highest BCUT2D eigenvalue weighted by Crippen LogP contribution is 2.31. The highest BCUT2D eigenvalue weighted by atomic mass is 35.5. The van der Waals surface area contributed by atoms with Gasteiger partial charge in [0, 0.05) is 28.7 Å². The lowest BCUT2D eigenvalue weighted by atomic mass is 10.2. The molecule has 1 heterocycles. The summed E-state index contributed by atoms with van der Waals surface area (Å²) >= 11 is 6.09. The molecule has 0 unspecified atom stereocenters. The van der Waals surface area contributed by atoms with E-state index in [1.165, 1.54) is 25.4 Å². The van der Waals surface area contributed by atoms with Crippen LogP contribution in [-0.4, -0.2) is 18.0 Å². The number of nitrogens with zero attached hydrogens (tertiary/aromatic N) is 1. The highest BCUT2D eigenvalue weighted by Gasteiger charge is 2.13. The van der Waals surface area contributed by atoms with Crippen molar-refractivity contribution in [1.29, 1.82) is 0 Å². The maximum Gasteiger partial charge on any atom is 0.274 e. The van der Waals surface area contributed by atoms with Crippen LogP contribution < -0.4 is 15.4 Å². The van der Waals surface area contributed by atoms with E-state index in [4.69, 9.17) is 16.3 Å². The van der Waals surface area contributed by atoms with Crippen molar-refractivity contribution in [3.05, 3.63) is 76.8 Å². The van der Waals surface area contributed by atoms with E-state index in [1.54, 1.807) is 36.4 Å². The Morgan fingerprint density at radius 1 is 1.11 bits per heavy atom. The van der Waals surface area contributed by atoms with Crippen LogP contribution in [0.2, 0.25) is 5.02 Å². The molecule has 27 heavy (non-hydrogen) atoms. The average Bonchev–Trinajstić information content (AvgIpc) is 2.66. The second-order valence-electron chi connectivity index (χ2n) is 5.82. The molecule has 3 rings (SSSR count). The summed E-state index contributed by atoms with van der Waals surface area (Å²) in [5.74, 6) is -0.250. The molecule has 0 saturated carbocycles. The zero-order chi connectivity index (χ0) is 19.4. The first-order valence-corrected chi connectivity index (χ1v) is 8.48. The van der Waals surface area contributed by atoms with Gasteiger partial charge in [0.25, 0.3) is 5.91 Å². The van der Waals surface area contributed by atoms with Crippen molar-refractivity contribution < 1.29 is 13.9 Å². The van der Waals surface area contributed by atoms with Crippen molar-refractivity contribution in [2.75, 3.05) is 17.7 Å². The zero-order valence-corrected chi connectivity index (χ0v) is 15.5. The van der Waals surface area contributed by atoms with E-state index in [1.807, 2.05) is 6.92 Å². The number of amides is 1. The number of benzene rings is 2. The number of anilines is 3. The Morgan fingerprint density at radius 3 is 2.56 bits per heavy atom. The minimum Gasteiger partial charge on any atom is -0.495 e. The van der Waals surface area contributed by atoms with E-state index in [0.717, 1.165) is 5.56 Å². The number of ether oxygens (including phenoxy) is 1. The lowest BCUT2D eigenvalue weighted by Crippen LogP contribution is -2.14. The van der Waals surface area contributed by atoms with Crippen molar-refractivity contribution in [1.82, 2.24) is 4.98 Å². The number of methoxy groups -OCH3 is 1. The number of hydrogen-bond donors (Lipinski definition) is 2. The molecular weight excluding hydrogens is 369 g/mol. The molecule has 2 aromatic carbocycles. The SMILES string of the molecule is COc1cc(Cl)c(C)cc1NC(=O)c1cc(Nc2ccc(F)cc2)ccn1. The third kappa shape index (κ3) is 4.54. The number of aryl methyl sites for hydroxylation is 1. The number of carbonyl (C=O) groups is 1. The molecule has 1 amide bonds. The van der Waals surface area contributed by atoms with Gasteiger partial charge in [-0.3, -0.25) is 9.78 Å². The van der Waals surface area contributed by atoms with Crippen LogP contribution in [0.15, 0.2) is 54.7 Å². The molecule has 5 nitrogen and oxygen atoms in total. The summed E-state index contributed by atoms with van der Waals surface area (Å²) in [6, 6.07) is 12.6. The van der Waals surface area contributed by atoms with Crippen molar-refractivity contribution in [2.45, 2.75) is 6.92 Å². The fourth-order valence-electron chi connectivity index (χ4n) is 2.45. The smallest absolute Gasteiger partial charge is 0.274 e. The molecule has 0 atom stereocenters. The molecule has 7 heteroatoms. The first-order chi connectivity index (χ1) is 13.0. The molecule has 0 radical (unpaired) electrons. The topological polar surface area (TPSA) is 63.2 Å². The van der Waals surface area contributed by atoms with Crippen molar-refractivity contribution in [2.24, 2.45) is 0 Å². The number of hydrogen-bond acceptors (Lipinski definition) is 4. The van der Waals surface area contributed by atoms with E-state index in [0.29, 0.717) is 27.8 Å². The monoisotopic (exact) mass is 385 g/mol. The number of aromatic nitrogens is 1. The molecule has 2 N–H and O–H groups in total. The quantitative estimate of drug-likeness (QED) is 0.634. The number of nitrogens with one attached hydrogen (secondary N) is 2. The van der Waals surface area contributed by atoms with Crippen LogP contribution in [0.4, 0.5) is 21.5 Å². The second kappa shape index (κ2) is 8.05. The van der Waals surface area contributed by atoms with Crippen LogP contribution in [0.3, 0.4) is 0 Å². The summed E-state index contributed by atoms with van der Waals surface area (Å²) in [6.45, 7) is 1.84. The van der Waals surface area contributed by atoms with Gasteiger partial charge in [0.1, 0.15) is 17.3 Å². The van der Waals surface area contributed by atoms with Gasteiger partial charge in [-0.15, -0.1) is 0 Å². The first-order valence-electron chi connectivity index (χ1n) is 8.10. The Hall–Kier alpha value is -3.12. The van der Waals surface area contributed by atoms with E-state index in [-0.39, 0.29) is 11.5 Å². The Labute approximate surface area is 161 Å². The molecule has 1 aromatic heterocycles. The Morgan fingerprint density at radius 2 is 1.85 bits per heavy atom. The van der Waals surface area contributed by atoms with Gasteiger partial charge < -0.3 is 15.4 Å². The maximum atomic E-state index is 13.0. The zero-order valence-electron chi connectivity index (χ0n) is 14.7. The van der Waals surface area contributed by atoms with Gasteiger partial charge in [0.2, 0.25) is 0 Å². The molecule has 0 spiro atoms. The van der Waals surface area contributed by atoms with Gasteiger partial charge in [-0.05, 0) is 55.0 Å². The fourth-order valence-corrected chi connectivity index (χ4v) is 2.60. The Kier molecular flexibility index (Phi) is 5.57. The van der Waals surface area contributed by atoms with Crippen LogP contribution in [0, 0.1) is 12.7 Å². The van der Waals surface area contributed by atoms with Gasteiger partial charge in [0.05, 0.1) is 12.8 Å². The summed E-state index contributed by atoms with van der Waals surface area (Å²) in [5.41, 5.74) is 2.89. The molecular formula is C20H17ClFN3O2. The molecule has 138 valence electrons. The first kappa shape index (κ1) is 18.7. The van der Waals surface area contributed by atoms with Crippen LogP contribution in [0.1, 0.15) is 16.1 Å². The Balaban J connectivity index is 1.79. The largest absolute Gasteiger partial charge is 0.495 e. The lowest BCUT2D eigenvalue weighted by Gasteiger charge is -2.12. The number of carbonyl (C=O) groups excluding carboxylic acids is 1. The molecule has 3 aromatic rings. The van der Waals surface area contributed by atoms with E-state index in [9.17, 15) is 9.18 Å². The van der Waals surface area contributed by atoms with Crippen molar-refractivity contribution >= 4 is 34.6 Å². The number of pyridine rings is 1. The van der Waals surface area contributed by atoms with Crippen LogP contribution in [0.25, 0.3) is 0 Å². The van der Waals surface area contributed by atoms with Gasteiger partial charge in [-0.1, -0.05) is 11.6 Å². The fraction of sp³-hybridized carbons (Fsp3) is 0.100. The predicted octanol–water partition coefficient (Wildman–Crippen LogP) is 5.19. The molecule has 0 bridgehead atoms. The molecule has 0 fully saturated rings. The predicted molar refractivity (Wildman–Crippen MR) is 105 cm³/mol. The second-order valence-corrected chi connectivity index (χ2v) is 6.22. The third-order valence-electron chi connectivity index (χ3n) is 3.85. The van der Waals surface area contributed by atoms with Gasteiger partial charge in [-0.25, -0.2) is 4.39 Å². The third-order valence-corrected chi connectivity index (χ3v) is 4.26. The van der Waals surface area contributed by atoms with Crippen molar-refractivity contribution in [3.63, 3.8) is 0 Å². The van der Waals surface area contributed by atoms with E-state index < -0.39 is 5.91 Å². The molecule has 0 aliphatic carbocycles. The van der Waals surface area contributed by atoms with E-state index >= 15 is 0 Å². The highest BCUT2D eigenvalue weighted by molar-refractivity contribution is 6.31. The van der Waals surface area contributed by atoms with Crippen LogP contribution >= 0.6 is 11.6 Å². The molecule has 0 saturated heterocycles. The normalized spacial score (nSPS) is 10.4. The van der Waals surface area contributed by atoms with Gasteiger partial charge in [-0.2, -0.15) is 0 Å². The summed E-state index contributed by atoms with van der Waals surface area (Å²) in [5, 5.41) is 6.43. The summed E-state index contributed by atoms with van der Waals surface area (Å²) in [6.07, 6.45) is 1.52. The molecule has 0 aliphatic heterocycles. The standard InChI is InChI=1S/C20H17ClFN3O2/c1-12-9-17(19(27-2)11-16(12)21)25-20(26)18-10-15(7-8-23-18)24-14-5-3-13(22)4-6-14/h3-11H,1-2H3,(H,23,24)(H,25,26). The van der Waals surface area contributed by atoms with Crippen molar-refractivity contribution in [3.8, 4) is 5.75 Å². The minimum atomic E-state index is -0.391. The van der Waals surface area contributed by atoms with Crippen LogP contribution in [-0.2, 0) is 0 Å². The maximum absolute atomic E-state index is 13.0.